The Morgan fingerprint density at radius 1 is 0.879 bits per heavy atom. The number of hydrogen-bond donors (Lipinski definition) is 3. The van der Waals surface area contributed by atoms with Gasteiger partial charge >= 0.3 is 12.2 Å². The number of amides is 3. The third kappa shape index (κ3) is 9.74. The smallest absolute Gasteiger partial charge is 0.371 e. The minimum atomic E-state index is -4.76. The van der Waals surface area contributed by atoms with Crippen molar-refractivity contribution >= 4 is 56.6 Å². The second-order valence-electron chi connectivity index (χ2n) is 14.5. The minimum Gasteiger partial charge on any atom is -0.371 e. The molecule has 5 heterocycles. The lowest BCUT2D eigenvalue weighted by Crippen LogP contribution is -2.53. The van der Waals surface area contributed by atoms with Crippen LogP contribution in [0, 0.1) is 0 Å². The molecule has 0 saturated carbocycles. The van der Waals surface area contributed by atoms with Gasteiger partial charge in [-0.25, -0.2) is 23.2 Å². The molecule has 58 heavy (non-hydrogen) atoms. The normalized spacial score (nSPS) is 17.6. The summed E-state index contributed by atoms with van der Waals surface area (Å²) in [6, 6.07) is 15.7. The summed E-state index contributed by atoms with van der Waals surface area (Å²) in [6.45, 7) is 6.67. The monoisotopic (exact) mass is 822 g/mol. The lowest BCUT2D eigenvalue weighted by molar-refractivity contribution is -0.137. The zero-order chi connectivity index (χ0) is 41.0. The number of nitrogens with zero attached hydrogens (tertiary/aromatic N) is 9. The Hall–Kier alpha value is -5.60. The molecule has 16 nitrogen and oxygen atoms in total. The predicted octanol–water partition coefficient (Wildman–Crippen LogP) is 4.27. The molecule has 7 rings (SSSR count). The van der Waals surface area contributed by atoms with Crippen LogP contribution < -0.4 is 30.1 Å². The zero-order valence-corrected chi connectivity index (χ0v) is 32.9. The summed E-state index contributed by atoms with van der Waals surface area (Å²) in [5.74, 6) is -0.824. The third-order valence-electron chi connectivity index (χ3n) is 10.6. The van der Waals surface area contributed by atoms with Gasteiger partial charge in [0, 0.05) is 108 Å². The summed E-state index contributed by atoms with van der Waals surface area (Å²) in [5.41, 5.74) is 2.63. The van der Waals surface area contributed by atoms with Crippen LogP contribution in [0.1, 0.15) is 36.1 Å². The van der Waals surface area contributed by atoms with E-state index in [9.17, 15) is 31.2 Å². The molecule has 4 aromatic rings. The number of alkyl halides is 3. The van der Waals surface area contributed by atoms with E-state index in [1.165, 1.54) is 25.0 Å². The lowest BCUT2D eigenvalue weighted by Gasteiger charge is -2.43. The molecular formula is C38H45F3N12O4S. The van der Waals surface area contributed by atoms with Gasteiger partial charge < -0.3 is 15.5 Å². The van der Waals surface area contributed by atoms with Gasteiger partial charge in [0.15, 0.2) is 5.82 Å². The molecule has 3 aliphatic heterocycles. The molecule has 0 bridgehead atoms. The van der Waals surface area contributed by atoms with Crippen molar-refractivity contribution in [2.45, 2.75) is 44.6 Å². The van der Waals surface area contributed by atoms with Crippen molar-refractivity contribution in [3.8, 4) is 0 Å². The summed E-state index contributed by atoms with van der Waals surface area (Å²) in [4.78, 5) is 48.8. The summed E-state index contributed by atoms with van der Waals surface area (Å²) in [5, 5.41) is 8.00. The number of nitrogens with one attached hydrogen (secondary N) is 3. The van der Waals surface area contributed by atoms with E-state index in [-0.39, 0.29) is 35.9 Å². The van der Waals surface area contributed by atoms with Gasteiger partial charge in [-0.3, -0.25) is 34.1 Å². The lowest BCUT2D eigenvalue weighted by atomic mass is 10.0. The number of benzene rings is 2. The molecule has 3 N–H and O–H groups in total. The van der Waals surface area contributed by atoms with E-state index < -0.39 is 27.6 Å². The predicted molar refractivity (Wildman–Crippen MR) is 213 cm³/mol. The quantitative estimate of drug-likeness (QED) is 0.185. The van der Waals surface area contributed by atoms with E-state index in [0.29, 0.717) is 30.9 Å². The fourth-order valence-electron chi connectivity index (χ4n) is 7.37. The van der Waals surface area contributed by atoms with Crippen molar-refractivity contribution in [3.05, 3.63) is 83.9 Å². The van der Waals surface area contributed by atoms with E-state index >= 15 is 0 Å². The Morgan fingerprint density at radius 3 is 2.21 bits per heavy atom. The van der Waals surface area contributed by atoms with E-state index in [1.807, 2.05) is 48.5 Å². The van der Waals surface area contributed by atoms with Gasteiger partial charge in [0.1, 0.15) is 17.1 Å². The first kappa shape index (κ1) is 40.6. The third-order valence-corrected chi connectivity index (χ3v) is 11.8. The Kier molecular flexibility index (Phi) is 12.0. The molecule has 2 aromatic heterocycles. The highest BCUT2D eigenvalue weighted by Gasteiger charge is 2.36. The van der Waals surface area contributed by atoms with E-state index in [0.717, 1.165) is 80.6 Å². The Balaban J connectivity index is 0.890. The number of urea groups is 1. The first-order chi connectivity index (χ1) is 27.7. The highest BCUT2D eigenvalue weighted by Crippen LogP contribution is 2.35. The van der Waals surface area contributed by atoms with Gasteiger partial charge in [-0.15, -0.1) is 0 Å². The number of sulfonamides is 1. The van der Waals surface area contributed by atoms with Crippen LogP contribution in [0.2, 0.25) is 0 Å². The van der Waals surface area contributed by atoms with E-state index in [2.05, 4.69) is 50.6 Å². The van der Waals surface area contributed by atoms with Crippen molar-refractivity contribution in [1.82, 2.24) is 35.1 Å². The molecule has 0 atom stereocenters. The number of rotatable bonds is 12. The number of anilines is 6. The molecule has 0 radical (unpaired) electrons. The molecule has 2 aromatic carbocycles. The molecule has 308 valence electrons. The standard InChI is InChI=1S/C38H45F3N12O4S/c1-49(58(2,56)57)35-32(42-14-15-43-35)24-44-34-31(38(39,40)41)23-45-36(48-34)46-27-5-9-28(10-6-27)51-16-11-29(12-17-51)52-21-19-50(20-22-52)25-26-3-7-30(8-4-26)53-18-13-33(54)47-37(53)55/h3-10,14-15,23,29H,11-13,16-22,24-25H2,1-2H3,(H,47,54,55)(H2,44,45,46,48). The van der Waals surface area contributed by atoms with Crippen LogP contribution in [0.5, 0.6) is 0 Å². The highest BCUT2D eigenvalue weighted by molar-refractivity contribution is 7.92. The molecular weight excluding hydrogens is 778 g/mol. The van der Waals surface area contributed by atoms with Gasteiger partial charge in [0.25, 0.3) is 0 Å². The van der Waals surface area contributed by atoms with Gasteiger partial charge in [-0.1, -0.05) is 12.1 Å². The molecule has 0 spiro atoms. The number of carbonyl (C=O) groups excluding carboxylic acids is 2. The van der Waals surface area contributed by atoms with Crippen LogP contribution >= 0.6 is 0 Å². The van der Waals surface area contributed by atoms with Crippen LogP contribution in [0.4, 0.5) is 52.6 Å². The highest BCUT2D eigenvalue weighted by atomic mass is 32.2. The maximum atomic E-state index is 13.9. The van der Waals surface area contributed by atoms with Crippen LogP contribution in [0.25, 0.3) is 0 Å². The average molecular weight is 823 g/mol. The molecule has 3 amide bonds. The first-order valence-electron chi connectivity index (χ1n) is 18.9. The molecule has 3 aliphatic rings. The summed E-state index contributed by atoms with van der Waals surface area (Å²) >= 11 is 0. The van der Waals surface area contributed by atoms with Crippen LogP contribution in [0.15, 0.2) is 67.1 Å². The maximum Gasteiger partial charge on any atom is 0.421 e. The van der Waals surface area contributed by atoms with Crippen molar-refractivity contribution in [3.63, 3.8) is 0 Å². The van der Waals surface area contributed by atoms with Crippen molar-refractivity contribution in [2.75, 3.05) is 83.9 Å². The number of halogens is 3. The SMILES string of the molecule is CN(c1nccnc1CNc1nc(Nc2ccc(N3CCC(N4CCN(Cc5ccc(N6CCC(=O)NC6=O)cc5)CC4)CC3)cc2)ncc1C(F)(F)F)S(C)(=O)=O. The average Bonchev–Trinajstić information content (AvgIpc) is 3.20. The largest absolute Gasteiger partial charge is 0.421 e. The van der Waals surface area contributed by atoms with Gasteiger partial charge in [0.2, 0.25) is 21.9 Å². The number of piperidine rings is 1. The zero-order valence-electron chi connectivity index (χ0n) is 32.1. The Bertz CT molecular complexity index is 2200. The summed E-state index contributed by atoms with van der Waals surface area (Å²) in [7, 11) is -2.42. The van der Waals surface area contributed by atoms with E-state index in [1.54, 1.807) is 4.90 Å². The second kappa shape index (κ2) is 17.1. The minimum absolute atomic E-state index is 0.0224. The fourth-order valence-corrected chi connectivity index (χ4v) is 7.83. The first-order valence-corrected chi connectivity index (χ1v) is 20.8. The number of hydrogen-bond acceptors (Lipinski definition) is 13. The Morgan fingerprint density at radius 2 is 1.55 bits per heavy atom. The summed E-state index contributed by atoms with van der Waals surface area (Å²) in [6.07, 6.45) is 1.91. The van der Waals surface area contributed by atoms with Crippen molar-refractivity contribution in [1.29, 1.82) is 0 Å². The van der Waals surface area contributed by atoms with Crippen LogP contribution in [-0.2, 0) is 34.1 Å². The second-order valence-corrected chi connectivity index (χ2v) is 16.5. The number of aromatic nitrogens is 4. The van der Waals surface area contributed by atoms with Crippen LogP contribution in [-0.4, -0.2) is 115 Å². The number of imide groups is 1. The number of carbonyl (C=O) groups is 2. The van der Waals surface area contributed by atoms with Gasteiger partial charge in [0.05, 0.1) is 12.8 Å². The number of piperazine rings is 1. The molecule has 0 unspecified atom stereocenters. The fraction of sp³-hybridized carbons (Fsp3) is 0.421. The molecule has 3 saturated heterocycles. The van der Waals surface area contributed by atoms with Crippen molar-refractivity contribution < 1.29 is 31.2 Å². The molecule has 3 fully saturated rings. The van der Waals surface area contributed by atoms with Gasteiger partial charge in [-0.05, 0) is 54.8 Å². The van der Waals surface area contributed by atoms with Crippen LogP contribution in [0.3, 0.4) is 0 Å². The molecule has 0 aliphatic carbocycles. The Labute approximate surface area is 334 Å². The van der Waals surface area contributed by atoms with E-state index in [4.69, 9.17) is 0 Å². The van der Waals surface area contributed by atoms with Crippen molar-refractivity contribution in [2.24, 2.45) is 0 Å². The maximum absolute atomic E-state index is 13.9. The molecule has 20 heteroatoms. The summed E-state index contributed by atoms with van der Waals surface area (Å²) < 4.78 is 66.9. The van der Waals surface area contributed by atoms with Gasteiger partial charge in [-0.2, -0.15) is 18.2 Å². The topological polar surface area (TPSA) is 172 Å².